The number of nitrogens with zero attached hydrogens (tertiary/aromatic N) is 1. The Labute approximate surface area is 183 Å². The van der Waals surface area contributed by atoms with Gasteiger partial charge in [-0.25, -0.2) is 0 Å². The van der Waals surface area contributed by atoms with E-state index in [-0.39, 0.29) is 35.7 Å². The van der Waals surface area contributed by atoms with Crippen molar-refractivity contribution >= 4 is 28.9 Å². The van der Waals surface area contributed by atoms with Crippen LogP contribution in [0, 0.1) is 11.3 Å². The van der Waals surface area contributed by atoms with Gasteiger partial charge in [0.1, 0.15) is 18.7 Å². The van der Waals surface area contributed by atoms with Gasteiger partial charge in [-0.3, -0.25) is 14.4 Å². The molecular weight excluding hydrogens is 402 g/mol. The van der Waals surface area contributed by atoms with E-state index in [0.29, 0.717) is 24.3 Å². The third-order valence-corrected chi connectivity index (χ3v) is 6.70. The molecule has 1 saturated heterocycles. The van der Waals surface area contributed by atoms with Gasteiger partial charge in [-0.05, 0) is 49.7 Å². The lowest BCUT2D eigenvalue weighted by Crippen LogP contribution is -2.54. The molecule has 168 valence electrons. The molecule has 0 spiro atoms. The standard InChI is InChI=1S/C22H35N3O4S/c1-14(2)22(3,4)11-16(23-20(27)15-8-10-30-13-15)21(28)24-19-17(26)12-29-18(19)7-9-25(5)6/h8,10,13-14,16,18-19H,7,9,11-12H2,1-6H3,(H,23,27)(H,24,28)/t16-,18?,19?/m0/s1. The molecule has 7 nitrogen and oxygen atoms in total. The summed E-state index contributed by atoms with van der Waals surface area (Å²) in [5, 5.41) is 9.33. The van der Waals surface area contributed by atoms with E-state index in [0.717, 1.165) is 6.54 Å². The number of thiophene rings is 1. The van der Waals surface area contributed by atoms with E-state index in [4.69, 9.17) is 4.74 Å². The van der Waals surface area contributed by atoms with Crippen LogP contribution in [-0.4, -0.2) is 67.9 Å². The molecule has 0 saturated carbocycles. The van der Waals surface area contributed by atoms with Gasteiger partial charge in [0.15, 0.2) is 5.78 Å². The summed E-state index contributed by atoms with van der Waals surface area (Å²) in [5.41, 5.74) is 0.356. The van der Waals surface area contributed by atoms with Gasteiger partial charge in [-0.15, -0.1) is 0 Å². The summed E-state index contributed by atoms with van der Waals surface area (Å²) >= 11 is 1.43. The van der Waals surface area contributed by atoms with Crippen LogP contribution in [0.25, 0.3) is 0 Å². The largest absolute Gasteiger partial charge is 0.368 e. The van der Waals surface area contributed by atoms with Gasteiger partial charge in [0.25, 0.3) is 5.91 Å². The average molecular weight is 438 g/mol. The molecule has 1 aromatic heterocycles. The van der Waals surface area contributed by atoms with E-state index >= 15 is 0 Å². The first kappa shape index (κ1) is 24.5. The Bertz CT molecular complexity index is 731. The lowest BCUT2D eigenvalue weighted by atomic mass is 9.76. The van der Waals surface area contributed by atoms with E-state index in [2.05, 4.69) is 38.3 Å². The first-order chi connectivity index (χ1) is 14.0. The molecule has 0 radical (unpaired) electrons. The van der Waals surface area contributed by atoms with Crippen LogP contribution in [0.3, 0.4) is 0 Å². The molecule has 1 aromatic rings. The number of hydrogen-bond donors (Lipinski definition) is 2. The SMILES string of the molecule is CC(C)C(C)(C)C[C@H](NC(=O)c1ccsc1)C(=O)NC1C(=O)COC1CCN(C)C. The zero-order chi connectivity index (χ0) is 22.5. The second kappa shape index (κ2) is 10.5. The highest BCUT2D eigenvalue weighted by atomic mass is 32.1. The Kier molecular flexibility index (Phi) is 8.58. The highest BCUT2D eigenvalue weighted by molar-refractivity contribution is 7.08. The van der Waals surface area contributed by atoms with Crippen LogP contribution in [0.4, 0.5) is 0 Å². The first-order valence-corrected chi connectivity index (χ1v) is 11.4. The minimum atomic E-state index is -0.738. The summed E-state index contributed by atoms with van der Waals surface area (Å²) < 4.78 is 5.61. The number of ether oxygens (including phenoxy) is 1. The quantitative estimate of drug-likeness (QED) is 0.587. The fraction of sp³-hybridized carbons (Fsp3) is 0.682. The van der Waals surface area contributed by atoms with Crippen LogP contribution in [0.2, 0.25) is 0 Å². The summed E-state index contributed by atoms with van der Waals surface area (Å²) in [6.07, 6.45) is 0.763. The monoisotopic (exact) mass is 437 g/mol. The van der Waals surface area contributed by atoms with Crippen molar-refractivity contribution in [3.05, 3.63) is 22.4 Å². The van der Waals surface area contributed by atoms with Gasteiger partial charge in [0.2, 0.25) is 5.91 Å². The second-order valence-corrected chi connectivity index (χ2v) is 10.1. The molecule has 0 aromatic carbocycles. The molecule has 3 atom stereocenters. The highest BCUT2D eigenvalue weighted by Crippen LogP contribution is 2.31. The lowest BCUT2D eigenvalue weighted by molar-refractivity contribution is -0.128. The summed E-state index contributed by atoms with van der Waals surface area (Å²) in [6, 6.07) is 0.312. The van der Waals surface area contributed by atoms with E-state index in [1.54, 1.807) is 11.4 Å². The third kappa shape index (κ3) is 6.62. The molecule has 0 bridgehead atoms. The average Bonchev–Trinajstić information content (AvgIpc) is 3.30. The van der Waals surface area contributed by atoms with Gasteiger partial charge in [0, 0.05) is 11.9 Å². The lowest BCUT2D eigenvalue weighted by Gasteiger charge is -2.33. The van der Waals surface area contributed by atoms with Crippen molar-refractivity contribution in [3.8, 4) is 0 Å². The Morgan fingerprint density at radius 1 is 1.33 bits per heavy atom. The van der Waals surface area contributed by atoms with Crippen LogP contribution < -0.4 is 10.6 Å². The van der Waals surface area contributed by atoms with Crippen molar-refractivity contribution < 1.29 is 19.1 Å². The normalized spacial score (nSPS) is 20.6. The number of rotatable bonds is 10. The maximum atomic E-state index is 13.2. The maximum Gasteiger partial charge on any atom is 0.252 e. The van der Waals surface area contributed by atoms with Gasteiger partial charge in [-0.2, -0.15) is 11.3 Å². The Morgan fingerprint density at radius 2 is 2.03 bits per heavy atom. The number of hydrogen-bond acceptors (Lipinski definition) is 6. The van der Waals surface area contributed by atoms with Gasteiger partial charge < -0.3 is 20.3 Å². The van der Waals surface area contributed by atoms with Crippen LogP contribution in [0.15, 0.2) is 16.8 Å². The molecule has 2 unspecified atom stereocenters. The first-order valence-electron chi connectivity index (χ1n) is 10.4. The Morgan fingerprint density at radius 3 is 2.60 bits per heavy atom. The zero-order valence-corrected chi connectivity index (χ0v) is 19.7. The van der Waals surface area contributed by atoms with Crippen molar-refractivity contribution in [1.29, 1.82) is 0 Å². The smallest absolute Gasteiger partial charge is 0.252 e. The van der Waals surface area contributed by atoms with Crippen molar-refractivity contribution in [2.24, 2.45) is 11.3 Å². The van der Waals surface area contributed by atoms with Gasteiger partial charge in [0.05, 0.1) is 11.7 Å². The van der Waals surface area contributed by atoms with Gasteiger partial charge in [-0.1, -0.05) is 27.7 Å². The molecule has 2 rings (SSSR count). The molecule has 2 N–H and O–H groups in total. The number of ketones is 1. The van der Waals surface area contributed by atoms with E-state index in [1.807, 2.05) is 24.4 Å². The minimum Gasteiger partial charge on any atom is -0.368 e. The van der Waals surface area contributed by atoms with Crippen molar-refractivity contribution in [3.63, 3.8) is 0 Å². The Balaban J connectivity index is 2.14. The van der Waals surface area contributed by atoms with Gasteiger partial charge >= 0.3 is 0 Å². The summed E-state index contributed by atoms with van der Waals surface area (Å²) in [6.45, 7) is 9.12. The predicted octanol–water partition coefficient (Wildman–Crippen LogP) is 2.32. The Hall–Kier alpha value is -1.77. The molecule has 1 aliphatic heterocycles. The van der Waals surface area contributed by atoms with Crippen molar-refractivity contribution in [2.45, 2.75) is 58.7 Å². The number of carbonyl (C=O) groups excluding carboxylic acids is 3. The second-order valence-electron chi connectivity index (χ2n) is 9.28. The molecule has 2 amide bonds. The number of nitrogens with one attached hydrogen (secondary N) is 2. The number of carbonyl (C=O) groups is 3. The molecule has 8 heteroatoms. The molecule has 1 fully saturated rings. The summed E-state index contributed by atoms with van der Waals surface area (Å²) in [7, 11) is 3.91. The van der Waals surface area contributed by atoms with Crippen molar-refractivity contribution in [1.82, 2.24) is 15.5 Å². The fourth-order valence-electron chi connectivity index (χ4n) is 3.25. The molecule has 1 aliphatic rings. The summed E-state index contributed by atoms with van der Waals surface area (Å²) in [5.74, 6) is -0.437. The number of amides is 2. The van der Waals surface area contributed by atoms with Crippen LogP contribution in [0.1, 0.15) is 50.9 Å². The minimum absolute atomic E-state index is 0.00641. The van der Waals surface area contributed by atoms with Crippen LogP contribution >= 0.6 is 11.3 Å². The number of Topliss-reactive ketones (excluding diaryl/α,β-unsaturated/α-hetero) is 1. The predicted molar refractivity (Wildman–Crippen MR) is 119 cm³/mol. The fourth-order valence-corrected chi connectivity index (χ4v) is 3.89. The van der Waals surface area contributed by atoms with E-state index < -0.39 is 12.1 Å². The molecule has 30 heavy (non-hydrogen) atoms. The molecule has 2 heterocycles. The highest BCUT2D eigenvalue weighted by Gasteiger charge is 2.39. The molecule has 0 aliphatic carbocycles. The van der Waals surface area contributed by atoms with E-state index in [1.165, 1.54) is 11.3 Å². The van der Waals surface area contributed by atoms with Crippen LogP contribution in [-0.2, 0) is 14.3 Å². The third-order valence-electron chi connectivity index (χ3n) is 6.02. The zero-order valence-electron chi connectivity index (χ0n) is 18.9. The molecular formula is C22H35N3O4S. The summed E-state index contributed by atoms with van der Waals surface area (Å²) in [4.78, 5) is 40.2. The van der Waals surface area contributed by atoms with Crippen LogP contribution in [0.5, 0.6) is 0 Å². The van der Waals surface area contributed by atoms with E-state index in [9.17, 15) is 14.4 Å². The topological polar surface area (TPSA) is 87.7 Å². The maximum absolute atomic E-state index is 13.2. The van der Waals surface area contributed by atoms with Crippen molar-refractivity contribution in [2.75, 3.05) is 27.2 Å².